The monoisotopic (exact) mass is 516 g/mol. The van der Waals surface area contributed by atoms with Crippen LogP contribution in [0.1, 0.15) is 5.56 Å². The molecule has 0 aliphatic carbocycles. The molecule has 152 valence electrons. The minimum Gasteiger partial charge on any atom is -0.356 e. The zero-order valence-electron chi connectivity index (χ0n) is 15.8. The Hall–Kier alpha value is -1.81. The molecule has 28 heavy (non-hydrogen) atoms. The van der Waals surface area contributed by atoms with Crippen molar-refractivity contribution in [1.82, 2.24) is 16.0 Å². The number of nitrogens with one attached hydrogen (secondary N) is 3. The van der Waals surface area contributed by atoms with E-state index in [1.165, 1.54) is 17.0 Å². The van der Waals surface area contributed by atoms with E-state index in [1.54, 1.807) is 30.9 Å². The Morgan fingerprint density at radius 3 is 2.29 bits per heavy atom. The van der Waals surface area contributed by atoms with E-state index in [1.807, 2.05) is 18.2 Å². The van der Waals surface area contributed by atoms with Crippen LogP contribution in [0, 0.1) is 5.82 Å². The van der Waals surface area contributed by atoms with Crippen LogP contribution in [0.3, 0.4) is 0 Å². The highest BCUT2D eigenvalue weighted by molar-refractivity contribution is 14.0. The molecule has 0 aliphatic heterocycles. The van der Waals surface area contributed by atoms with E-state index in [0.29, 0.717) is 19.0 Å². The molecular formula is C20H26FIN4OS. The van der Waals surface area contributed by atoms with Crippen molar-refractivity contribution in [2.45, 2.75) is 11.3 Å². The number of benzene rings is 2. The molecule has 0 aromatic heterocycles. The molecule has 2 aromatic rings. The molecule has 8 heteroatoms. The normalized spacial score (nSPS) is 10.7. The van der Waals surface area contributed by atoms with E-state index in [4.69, 9.17) is 0 Å². The lowest BCUT2D eigenvalue weighted by atomic mass is 10.1. The van der Waals surface area contributed by atoms with Crippen molar-refractivity contribution >= 4 is 47.6 Å². The predicted molar refractivity (Wildman–Crippen MR) is 125 cm³/mol. The van der Waals surface area contributed by atoms with E-state index in [9.17, 15) is 9.18 Å². The number of hydrogen-bond acceptors (Lipinski definition) is 3. The molecule has 3 N–H and O–H groups in total. The van der Waals surface area contributed by atoms with Crippen molar-refractivity contribution in [2.24, 2.45) is 4.99 Å². The summed E-state index contributed by atoms with van der Waals surface area (Å²) in [6.07, 6.45) is 0.240. The quantitative estimate of drug-likeness (QED) is 0.158. The standard InChI is InChI=1S/C20H25FN4OS.HI/c1-22-20(25-13-14-27-18-5-3-2-4-6-18)24-12-11-23-19(26)15-16-7-9-17(21)10-8-16;/h2-10H,11-15H2,1H3,(H,23,26)(H2,22,24,25);1H. The Labute approximate surface area is 187 Å². The largest absolute Gasteiger partial charge is 0.356 e. The number of carbonyl (C=O) groups is 1. The number of nitrogens with zero attached hydrogens (tertiary/aromatic N) is 1. The molecule has 0 saturated carbocycles. The van der Waals surface area contributed by atoms with Gasteiger partial charge in [0.25, 0.3) is 0 Å². The minimum atomic E-state index is -0.301. The average Bonchev–Trinajstić information content (AvgIpc) is 2.69. The molecule has 0 radical (unpaired) electrons. The van der Waals surface area contributed by atoms with Gasteiger partial charge in [0.2, 0.25) is 5.91 Å². The van der Waals surface area contributed by atoms with Crippen LogP contribution in [0.25, 0.3) is 0 Å². The molecule has 1 amide bonds. The summed E-state index contributed by atoms with van der Waals surface area (Å²) in [6, 6.07) is 16.2. The molecule has 5 nitrogen and oxygen atoms in total. The van der Waals surface area contributed by atoms with Gasteiger partial charge in [0.15, 0.2) is 5.96 Å². The van der Waals surface area contributed by atoms with Gasteiger partial charge in [-0.05, 0) is 29.8 Å². The molecule has 0 fully saturated rings. The first-order chi connectivity index (χ1) is 13.2. The second-order valence-electron chi connectivity index (χ2n) is 5.74. The summed E-state index contributed by atoms with van der Waals surface area (Å²) in [7, 11) is 1.72. The number of amides is 1. The van der Waals surface area contributed by atoms with Crippen LogP contribution in [-0.4, -0.2) is 44.3 Å². The summed E-state index contributed by atoms with van der Waals surface area (Å²) < 4.78 is 12.9. The third kappa shape index (κ3) is 9.93. The minimum absolute atomic E-state index is 0. The summed E-state index contributed by atoms with van der Waals surface area (Å²) in [5.41, 5.74) is 0.787. The number of hydrogen-bond donors (Lipinski definition) is 3. The molecule has 2 aromatic carbocycles. The van der Waals surface area contributed by atoms with E-state index >= 15 is 0 Å². The molecular weight excluding hydrogens is 490 g/mol. The molecule has 0 saturated heterocycles. The smallest absolute Gasteiger partial charge is 0.224 e. The molecule has 2 rings (SSSR count). The highest BCUT2D eigenvalue weighted by Gasteiger charge is 2.03. The van der Waals surface area contributed by atoms with Crippen molar-refractivity contribution in [3.05, 3.63) is 66.0 Å². The van der Waals surface area contributed by atoms with Crippen LogP contribution in [0.4, 0.5) is 4.39 Å². The lowest BCUT2D eigenvalue weighted by molar-refractivity contribution is -0.120. The highest BCUT2D eigenvalue weighted by Crippen LogP contribution is 2.15. The van der Waals surface area contributed by atoms with Crippen molar-refractivity contribution in [3.8, 4) is 0 Å². The Morgan fingerprint density at radius 2 is 1.61 bits per heavy atom. The van der Waals surface area contributed by atoms with Gasteiger partial charge in [-0.2, -0.15) is 0 Å². The molecule has 0 bridgehead atoms. The van der Waals surface area contributed by atoms with E-state index in [0.717, 1.165) is 17.9 Å². The van der Waals surface area contributed by atoms with Crippen molar-refractivity contribution in [2.75, 3.05) is 32.4 Å². The summed E-state index contributed by atoms with van der Waals surface area (Å²) >= 11 is 1.78. The SMILES string of the molecule is CN=C(NCCNC(=O)Cc1ccc(F)cc1)NCCSc1ccccc1.I. The second kappa shape index (κ2) is 14.2. The van der Waals surface area contributed by atoms with Gasteiger partial charge in [-0.15, -0.1) is 35.7 Å². The number of thioether (sulfide) groups is 1. The molecule has 0 aliphatic rings. The van der Waals surface area contributed by atoms with Gasteiger partial charge in [0.1, 0.15) is 5.82 Å². The third-order valence-electron chi connectivity index (χ3n) is 3.65. The summed E-state index contributed by atoms with van der Waals surface area (Å²) in [5.74, 6) is 1.24. The highest BCUT2D eigenvalue weighted by atomic mass is 127. The van der Waals surface area contributed by atoms with Crippen LogP contribution >= 0.6 is 35.7 Å². The van der Waals surface area contributed by atoms with Gasteiger partial charge in [-0.1, -0.05) is 30.3 Å². The van der Waals surface area contributed by atoms with E-state index in [2.05, 4.69) is 33.1 Å². The van der Waals surface area contributed by atoms with Crippen LogP contribution in [0.2, 0.25) is 0 Å². The number of carbonyl (C=O) groups excluding carboxylic acids is 1. The Kier molecular flexibility index (Phi) is 12.3. The fourth-order valence-electron chi connectivity index (χ4n) is 2.31. The van der Waals surface area contributed by atoms with Gasteiger partial charge in [-0.3, -0.25) is 9.79 Å². The van der Waals surface area contributed by atoms with Crippen LogP contribution < -0.4 is 16.0 Å². The maximum Gasteiger partial charge on any atom is 0.224 e. The maximum atomic E-state index is 12.9. The van der Waals surface area contributed by atoms with Crippen LogP contribution in [0.5, 0.6) is 0 Å². The number of aliphatic imine (C=N–C) groups is 1. The zero-order valence-corrected chi connectivity index (χ0v) is 18.9. The molecule has 0 heterocycles. The molecule has 0 spiro atoms. The summed E-state index contributed by atoms with van der Waals surface area (Å²) in [5, 5.41) is 9.23. The Bertz CT molecular complexity index is 729. The van der Waals surface area contributed by atoms with Crippen LogP contribution in [-0.2, 0) is 11.2 Å². The predicted octanol–water partition coefficient (Wildman–Crippen LogP) is 3.06. The van der Waals surface area contributed by atoms with E-state index < -0.39 is 0 Å². The number of guanidine groups is 1. The fraction of sp³-hybridized carbons (Fsp3) is 0.300. The van der Waals surface area contributed by atoms with Crippen molar-refractivity contribution in [3.63, 3.8) is 0 Å². The average molecular weight is 516 g/mol. The zero-order chi connectivity index (χ0) is 19.3. The number of halogens is 2. The Balaban J connectivity index is 0.00000392. The maximum absolute atomic E-state index is 12.9. The third-order valence-corrected chi connectivity index (χ3v) is 4.66. The first kappa shape index (κ1) is 24.2. The van der Waals surface area contributed by atoms with Gasteiger partial charge in [-0.25, -0.2) is 4.39 Å². The lowest BCUT2D eigenvalue weighted by Crippen LogP contribution is -2.42. The number of rotatable bonds is 9. The Morgan fingerprint density at radius 1 is 0.964 bits per heavy atom. The molecule has 0 atom stereocenters. The van der Waals surface area contributed by atoms with Crippen molar-refractivity contribution in [1.29, 1.82) is 0 Å². The van der Waals surface area contributed by atoms with Gasteiger partial charge >= 0.3 is 0 Å². The van der Waals surface area contributed by atoms with Gasteiger partial charge in [0, 0.05) is 37.3 Å². The second-order valence-corrected chi connectivity index (χ2v) is 6.91. The molecule has 0 unspecified atom stereocenters. The topological polar surface area (TPSA) is 65.5 Å². The fourth-order valence-corrected chi connectivity index (χ4v) is 3.10. The first-order valence-electron chi connectivity index (χ1n) is 8.81. The summed E-state index contributed by atoms with van der Waals surface area (Å²) in [6.45, 7) is 1.84. The van der Waals surface area contributed by atoms with Crippen LogP contribution in [0.15, 0.2) is 64.5 Å². The van der Waals surface area contributed by atoms with E-state index in [-0.39, 0.29) is 42.1 Å². The lowest BCUT2D eigenvalue weighted by Gasteiger charge is -2.12. The van der Waals surface area contributed by atoms with Gasteiger partial charge < -0.3 is 16.0 Å². The summed E-state index contributed by atoms with van der Waals surface area (Å²) in [4.78, 5) is 17.3. The first-order valence-corrected chi connectivity index (χ1v) is 9.79. The van der Waals surface area contributed by atoms with Crippen molar-refractivity contribution < 1.29 is 9.18 Å². The van der Waals surface area contributed by atoms with Gasteiger partial charge in [0.05, 0.1) is 6.42 Å².